The largest absolute Gasteiger partial charge is 0.354 e. The molecule has 0 aliphatic carbocycles. The summed E-state index contributed by atoms with van der Waals surface area (Å²) in [5.74, 6) is 1.22. The number of amides is 1. The van der Waals surface area contributed by atoms with Gasteiger partial charge in [0, 0.05) is 18.5 Å². The van der Waals surface area contributed by atoms with Crippen molar-refractivity contribution in [1.29, 1.82) is 0 Å². The standard InChI is InChI=1S/C17H33N3O/c1-3-14(4-2)16(20-11-5-6-12-20)13-19-17(21)15-7-9-18-10-8-15/h14-16,18H,3-13H2,1-2H3,(H,19,21). The van der Waals surface area contributed by atoms with Gasteiger partial charge in [-0.15, -0.1) is 0 Å². The molecular formula is C17H33N3O. The minimum atomic E-state index is 0.229. The maximum atomic E-state index is 12.4. The van der Waals surface area contributed by atoms with Gasteiger partial charge in [-0.3, -0.25) is 9.69 Å². The molecular weight excluding hydrogens is 262 g/mol. The number of nitrogens with zero attached hydrogens (tertiary/aromatic N) is 1. The van der Waals surface area contributed by atoms with E-state index in [-0.39, 0.29) is 11.8 Å². The fourth-order valence-electron chi connectivity index (χ4n) is 3.93. The number of nitrogens with one attached hydrogen (secondary N) is 2. The molecule has 21 heavy (non-hydrogen) atoms. The molecule has 2 fully saturated rings. The summed E-state index contributed by atoms with van der Waals surface area (Å²) < 4.78 is 0. The van der Waals surface area contributed by atoms with Gasteiger partial charge in [0.2, 0.25) is 5.91 Å². The maximum absolute atomic E-state index is 12.4. The molecule has 0 spiro atoms. The minimum absolute atomic E-state index is 0.229. The second kappa shape index (κ2) is 8.74. The smallest absolute Gasteiger partial charge is 0.223 e. The lowest BCUT2D eigenvalue weighted by atomic mass is 9.92. The van der Waals surface area contributed by atoms with Crippen molar-refractivity contribution in [2.45, 2.75) is 58.4 Å². The monoisotopic (exact) mass is 295 g/mol. The molecule has 0 aromatic carbocycles. The number of hydrogen-bond acceptors (Lipinski definition) is 3. The van der Waals surface area contributed by atoms with Crippen LogP contribution in [0.15, 0.2) is 0 Å². The third-order valence-corrected chi connectivity index (χ3v) is 5.40. The lowest BCUT2D eigenvalue weighted by molar-refractivity contribution is -0.126. The normalized spacial score (nSPS) is 22.6. The molecule has 0 aromatic rings. The fourth-order valence-corrected chi connectivity index (χ4v) is 3.93. The van der Waals surface area contributed by atoms with Gasteiger partial charge in [-0.25, -0.2) is 0 Å². The van der Waals surface area contributed by atoms with Gasteiger partial charge in [0.1, 0.15) is 0 Å². The van der Waals surface area contributed by atoms with Gasteiger partial charge in [0.25, 0.3) is 0 Å². The van der Waals surface area contributed by atoms with Crippen molar-refractivity contribution in [2.24, 2.45) is 11.8 Å². The number of hydrogen-bond donors (Lipinski definition) is 2. The molecule has 122 valence electrons. The quantitative estimate of drug-likeness (QED) is 0.755. The van der Waals surface area contributed by atoms with Crippen LogP contribution in [0.5, 0.6) is 0 Å². The molecule has 0 bridgehead atoms. The molecule has 1 amide bonds. The lowest BCUT2D eigenvalue weighted by Gasteiger charge is -2.34. The molecule has 1 atom stereocenters. The van der Waals surface area contributed by atoms with Gasteiger partial charge in [-0.05, 0) is 57.8 Å². The first-order chi connectivity index (χ1) is 10.3. The van der Waals surface area contributed by atoms with E-state index < -0.39 is 0 Å². The zero-order chi connectivity index (χ0) is 15.1. The van der Waals surface area contributed by atoms with E-state index in [2.05, 4.69) is 29.4 Å². The predicted molar refractivity (Wildman–Crippen MR) is 87.3 cm³/mol. The Hall–Kier alpha value is -0.610. The Morgan fingerprint density at radius 2 is 1.81 bits per heavy atom. The van der Waals surface area contributed by atoms with Crippen LogP contribution in [-0.4, -0.2) is 49.6 Å². The van der Waals surface area contributed by atoms with E-state index in [1.54, 1.807) is 0 Å². The van der Waals surface area contributed by atoms with Gasteiger partial charge in [-0.2, -0.15) is 0 Å². The Kier molecular flexibility index (Phi) is 6.97. The van der Waals surface area contributed by atoms with Crippen LogP contribution in [0.4, 0.5) is 0 Å². The van der Waals surface area contributed by atoms with Crippen molar-refractivity contribution in [3.8, 4) is 0 Å². The van der Waals surface area contributed by atoms with E-state index in [0.717, 1.165) is 32.5 Å². The predicted octanol–water partition coefficient (Wildman–Crippen LogP) is 2.00. The minimum Gasteiger partial charge on any atom is -0.354 e. The summed E-state index contributed by atoms with van der Waals surface area (Å²) in [7, 11) is 0. The van der Waals surface area contributed by atoms with E-state index in [4.69, 9.17) is 0 Å². The number of likely N-dealkylation sites (tertiary alicyclic amines) is 1. The topological polar surface area (TPSA) is 44.4 Å². The Morgan fingerprint density at radius 1 is 1.19 bits per heavy atom. The van der Waals surface area contributed by atoms with Crippen LogP contribution in [0.1, 0.15) is 52.4 Å². The van der Waals surface area contributed by atoms with Gasteiger partial charge < -0.3 is 10.6 Å². The van der Waals surface area contributed by atoms with Crippen LogP contribution in [-0.2, 0) is 4.79 Å². The van der Waals surface area contributed by atoms with E-state index in [9.17, 15) is 4.79 Å². The third-order valence-electron chi connectivity index (χ3n) is 5.40. The van der Waals surface area contributed by atoms with Crippen molar-refractivity contribution < 1.29 is 4.79 Å². The number of rotatable bonds is 7. The van der Waals surface area contributed by atoms with E-state index in [1.165, 1.54) is 38.8 Å². The molecule has 4 heteroatoms. The molecule has 2 rings (SSSR count). The molecule has 0 aromatic heterocycles. The van der Waals surface area contributed by atoms with Crippen molar-refractivity contribution in [3.05, 3.63) is 0 Å². The molecule has 2 N–H and O–H groups in total. The molecule has 2 aliphatic rings. The number of carbonyl (C=O) groups is 1. The Morgan fingerprint density at radius 3 is 2.38 bits per heavy atom. The van der Waals surface area contributed by atoms with E-state index in [1.807, 2.05) is 0 Å². The van der Waals surface area contributed by atoms with Crippen molar-refractivity contribution in [3.63, 3.8) is 0 Å². The first-order valence-corrected chi connectivity index (χ1v) is 8.98. The SMILES string of the molecule is CCC(CC)C(CNC(=O)C1CCNCC1)N1CCCC1. The summed E-state index contributed by atoms with van der Waals surface area (Å²) in [5.41, 5.74) is 0. The summed E-state index contributed by atoms with van der Waals surface area (Å²) in [6, 6.07) is 0.535. The number of carbonyl (C=O) groups excluding carboxylic acids is 1. The highest BCUT2D eigenvalue weighted by atomic mass is 16.1. The zero-order valence-electron chi connectivity index (χ0n) is 13.9. The second-order valence-corrected chi connectivity index (χ2v) is 6.66. The van der Waals surface area contributed by atoms with Crippen LogP contribution in [0, 0.1) is 11.8 Å². The Balaban J connectivity index is 1.86. The summed E-state index contributed by atoms with van der Waals surface area (Å²) in [4.78, 5) is 15.0. The number of piperidine rings is 1. The van der Waals surface area contributed by atoms with Crippen molar-refractivity contribution >= 4 is 5.91 Å². The summed E-state index contributed by atoms with van der Waals surface area (Å²) in [5, 5.41) is 6.60. The fraction of sp³-hybridized carbons (Fsp3) is 0.941. The summed E-state index contributed by atoms with van der Waals surface area (Å²) in [6.45, 7) is 9.81. The molecule has 0 radical (unpaired) electrons. The summed E-state index contributed by atoms with van der Waals surface area (Å²) >= 11 is 0. The van der Waals surface area contributed by atoms with Crippen LogP contribution in [0.2, 0.25) is 0 Å². The second-order valence-electron chi connectivity index (χ2n) is 6.66. The van der Waals surface area contributed by atoms with E-state index >= 15 is 0 Å². The highest BCUT2D eigenvalue weighted by molar-refractivity contribution is 5.78. The molecule has 2 saturated heterocycles. The van der Waals surface area contributed by atoms with Crippen LogP contribution in [0.25, 0.3) is 0 Å². The van der Waals surface area contributed by atoms with Gasteiger partial charge in [0.05, 0.1) is 0 Å². The molecule has 4 nitrogen and oxygen atoms in total. The molecule has 2 aliphatic heterocycles. The molecule has 1 unspecified atom stereocenters. The van der Waals surface area contributed by atoms with Gasteiger partial charge in [0.15, 0.2) is 0 Å². The van der Waals surface area contributed by atoms with Crippen molar-refractivity contribution in [2.75, 3.05) is 32.7 Å². The average Bonchev–Trinajstić information content (AvgIpc) is 3.06. The highest BCUT2D eigenvalue weighted by Gasteiger charge is 2.29. The first-order valence-electron chi connectivity index (χ1n) is 8.98. The molecule has 2 heterocycles. The average molecular weight is 295 g/mol. The third kappa shape index (κ3) is 4.68. The van der Waals surface area contributed by atoms with Crippen LogP contribution in [0.3, 0.4) is 0 Å². The highest BCUT2D eigenvalue weighted by Crippen LogP contribution is 2.22. The van der Waals surface area contributed by atoms with Gasteiger partial charge in [-0.1, -0.05) is 26.7 Å². The molecule has 0 saturated carbocycles. The van der Waals surface area contributed by atoms with Crippen LogP contribution >= 0.6 is 0 Å². The van der Waals surface area contributed by atoms with Crippen molar-refractivity contribution in [1.82, 2.24) is 15.5 Å². The van der Waals surface area contributed by atoms with Gasteiger partial charge >= 0.3 is 0 Å². The Bertz CT molecular complexity index is 303. The first kappa shape index (κ1) is 16.8. The maximum Gasteiger partial charge on any atom is 0.223 e. The lowest BCUT2D eigenvalue weighted by Crippen LogP contribution is -2.48. The van der Waals surface area contributed by atoms with E-state index in [0.29, 0.717) is 12.0 Å². The summed E-state index contributed by atoms with van der Waals surface area (Å²) in [6.07, 6.45) is 7.04. The Labute approximate surface area is 130 Å². The van der Waals surface area contributed by atoms with Crippen LogP contribution < -0.4 is 10.6 Å². The zero-order valence-corrected chi connectivity index (χ0v) is 13.9.